The van der Waals surface area contributed by atoms with Gasteiger partial charge in [0, 0.05) is 47.6 Å². The number of nitrogens with zero attached hydrogens (tertiary/aromatic N) is 6. The summed E-state index contributed by atoms with van der Waals surface area (Å²) in [6, 6.07) is 19.0. The Labute approximate surface area is 437 Å². The zero-order valence-corrected chi connectivity index (χ0v) is 45.0. The van der Waals surface area contributed by atoms with Crippen molar-refractivity contribution in [2.75, 3.05) is 89.5 Å². The van der Waals surface area contributed by atoms with Crippen molar-refractivity contribution in [3.63, 3.8) is 0 Å². The topological polar surface area (TPSA) is 172 Å². The molecule has 6 rings (SSSR count). The Kier molecular flexibility index (Phi) is 27.1. The summed E-state index contributed by atoms with van der Waals surface area (Å²) in [5.74, 6) is 1.98. The third kappa shape index (κ3) is 17.1. The van der Waals surface area contributed by atoms with Gasteiger partial charge < -0.3 is 48.9 Å². The Bertz CT molecular complexity index is 2390. The molecule has 388 valence electrons. The zero-order valence-electron chi connectivity index (χ0n) is 42.6. The number of aryl methyl sites for hydroxylation is 2. The van der Waals surface area contributed by atoms with Crippen LogP contribution in [0.2, 0.25) is 0 Å². The van der Waals surface area contributed by atoms with Gasteiger partial charge in [-0.3, -0.25) is 0 Å². The first-order valence-electron chi connectivity index (χ1n) is 23.7. The Hall–Kier alpha value is -5.91. The van der Waals surface area contributed by atoms with Gasteiger partial charge in [-0.25, -0.2) is 29.5 Å². The van der Waals surface area contributed by atoms with Crippen LogP contribution in [0, 0.1) is 13.8 Å². The van der Waals surface area contributed by atoms with Gasteiger partial charge in [0.1, 0.15) is 47.3 Å². The first kappa shape index (κ1) is 61.2. The first-order chi connectivity index (χ1) is 33.0. The van der Waals surface area contributed by atoms with E-state index in [2.05, 4.69) is 68.1 Å². The smallest absolute Gasteiger partial charge is 0.341 e. The fourth-order valence-corrected chi connectivity index (χ4v) is 7.21. The van der Waals surface area contributed by atoms with Crippen LogP contribution in [0.25, 0.3) is 22.1 Å². The second-order valence-electron chi connectivity index (χ2n) is 15.3. The standard InChI is InChI=1S/2C26H34N4O4.3ClH/c2*1-6-30(7-2)14-15-34-20-12-10-19(11-13-20)29-24-21-16-23(32-8-3)18(5)28-25(21)27-17-22(24)26(31)33-9-4;;;/h2*10-13,16-17H,6-9,14-15H2,1-5H3,(H,27,28,29);3*1H. The third-order valence-electron chi connectivity index (χ3n) is 11.0. The molecule has 6 aromatic rings. The molecule has 2 N–H and O–H groups in total. The van der Waals surface area contributed by atoms with Gasteiger partial charge in [0.15, 0.2) is 11.3 Å². The van der Waals surface area contributed by atoms with Crippen LogP contribution < -0.4 is 29.6 Å². The molecule has 2 aromatic carbocycles. The number of rotatable bonds is 24. The maximum absolute atomic E-state index is 12.7. The van der Waals surface area contributed by atoms with Gasteiger partial charge >= 0.3 is 11.9 Å². The molecule has 16 nitrogen and oxygen atoms in total. The van der Waals surface area contributed by atoms with Crippen molar-refractivity contribution < 1.29 is 38.0 Å². The van der Waals surface area contributed by atoms with E-state index in [1.54, 1.807) is 13.8 Å². The molecule has 0 aliphatic heterocycles. The summed E-state index contributed by atoms with van der Waals surface area (Å²) < 4.78 is 33.8. The number of esters is 2. The monoisotopic (exact) mass is 1040 g/mol. The summed E-state index contributed by atoms with van der Waals surface area (Å²) in [7, 11) is 0. The average molecular weight is 1040 g/mol. The van der Waals surface area contributed by atoms with E-state index >= 15 is 0 Å². The minimum absolute atomic E-state index is 0. The van der Waals surface area contributed by atoms with Crippen molar-refractivity contribution >= 4 is 94.0 Å². The SMILES string of the molecule is CCOC(=O)c1cnc2nc(C)c(OCC)cc2c1Nc1ccc(OCCN(CC)CC)cc1.CCOC(=O)c1cnc2nc(C)c(OCC)cc2c1Nc1ccc(OCCN(CC)CC)cc1.Cl.Cl.Cl. The number of hydrogen-bond donors (Lipinski definition) is 2. The Morgan fingerprint density at radius 2 is 0.859 bits per heavy atom. The summed E-state index contributed by atoms with van der Waals surface area (Å²) in [5, 5.41) is 8.09. The minimum atomic E-state index is -0.450. The van der Waals surface area contributed by atoms with E-state index < -0.39 is 11.9 Å². The number of anilines is 4. The molecule has 0 unspecified atom stereocenters. The molecule has 0 atom stereocenters. The van der Waals surface area contributed by atoms with Crippen LogP contribution in [0.3, 0.4) is 0 Å². The van der Waals surface area contributed by atoms with Gasteiger partial charge in [0.2, 0.25) is 0 Å². The number of halogens is 3. The number of likely N-dealkylation sites (N-methyl/N-ethyl adjacent to an activating group) is 2. The summed E-state index contributed by atoms with van der Waals surface area (Å²) in [6.07, 6.45) is 3.00. The van der Waals surface area contributed by atoms with Gasteiger partial charge in [-0.2, -0.15) is 0 Å². The minimum Gasteiger partial charge on any atom is -0.492 e. The van der Waals surface area contributed by atoms with E-state index in [9.17, 15) is 9.59 Å². The predicted octanol–water partition coefficient (Wildman–Crippen LogP) is 11.2. The van der Waals surface area contributed by atoms with Gasteiger partial charge in [0.25, 0.3) is 0 Å². The van der Waals surface area contributed by atoms with Crippen molar-refractivity contribution in [2.24, 2.45) is 0 Å². The number of fused-ring (bicyclic) bond motifs is 2. The highest BCUT2D eigenvalue weighted by molar-refractivity contribution is 6.06. The molecular formula is C52H71Cl3N8O8. The van der Waals surface area contributed by atoms with E-state index in [4.69, 9.17) is 28.4 Å². The van der Waals surface area contributed by atoms with Crippen LogP contribution in [-0.2, 0) is 9.47 Å². The van der Waals surface area contributed by atoms with Crippen LogP contribution in [-0.4, -0.2) is 121 Å². The lowest BCUT2D eigenvalue weighted by Gasteiger charge is -2.18. The third-order valence-corrected chi connectivity index (χ3v) is 11.0. The van der Waals surface area contributed by atoms with E-state index in [0.29, 0.717) is 82.5 Å². The van der Waals surface area contributed by atoms with Crippen molar-refractivity contribution in [3.8, 4) is 23.0 Å². The molecule has 4 aromatic heterocycles. The van der Waals surface area contributed by atoms with Gasteiger partial charge in [-0.1, -0.05) is 27.7 Å². The number of pyridine rings is 4. The van der Waals surface area contributed by atoms with Crippen molar-refractivity contribution in [2.45, 2.75) is 69.2 Å². The summed E-state index contributed by atoms with van der Waals surface area (Å²) in [5.41, 5.74) is 5.94. The van der Waals surface area contributed by atoms with E-state index in [0.717, 1.165) is 73.5 Å². The van der Waals surface area contributed by atoms with E-state index in [-0.39, 0.29) is 50.4 Å². The van der Waals surface area contributed by atoms with E-state index in [1.165, 1.54) is 12.4 Å². The quantitative estimate of drug-likeness (QED) is 0.0548. The fraction of sp³-hybridized carbons (Fsp3) is 0.423. The molecule has 4 heterocycles. The van der Waals surface area contributed by atoms with Gasteiger partial charge in [0.05, 0.1) is 49.2 Å². The number of carbonyl (C=O) groups excluding carboxylic acids is 2. The van der Waals surface area contributed by atoms with Crippen molar-refractivity contribution in [1.82, 2.24) is 29.7 Å². The molecule has 0 aliphatic rings. The van der Waals surface area contributed by atoms with Gasteiger partial charge in [-0.15, -0.1) is 37.2 Å². The molecule has 0 fully saturated rings. The maximum atomic E-state index is 12.7. The summed E-state index contributed by atoms with van der Waals surface area (Å²) >= 11 is 0. The highest BCUT2D eigenvalue weighted by atomic mass is 35.5. The second kappa shape index (κ2) is 31.4. The van der Waals surface area contributed by atoms with Crippen LogP contribution in [0.1, 0.15) is 87.5 Å². The second-order valence-corrected chi connectivity index (χ2v) is 15.3. The van der Waals surface area contributed by atoms with Crippen molar-refractivity contribution in [1.29, 1.82) is 0 Å². The molecule has 0 saturated heterocycles. The van der Waals surface area contributed by atoms with Crippen molar-refractivity contribution in [3.05, 3.63) is 95.6 Å². The Morgan fingerprint density at radius 3 is 1.17 bits per heavy atom. The number of carbonyl (C=O) groups is 2. The van der Waals surface area contributed by atoms with Crippen LogP contribution in [0.15, 0.2) is 73.1 Å². The largest absolute Gasteiger partial charge is 0.492 e. The lowest BCUT2D eigenvalue weighted by molar-refractivity contribution is 0.0517. The predicted molar refractivity (Wildman–Crippen MR) is 291 cm³/mol. The Balaban J connectivity index is 0.000000467. The van der Waals surface area contributed by atoms with Crippen LogP contribution >= 0.6 is 37.2 Å². The maximum Gasteiger partial charge on any atom is 0.341 e. The average Bonchev–Trinajstić information content (AvgIpc) is 3.34. The molecule has 0 aliphatic carbocycles. The molecule has 0 radical (unpaired) electrons. The number of aromatic nitrogens is 4. The first-order valence-corrected chi connectivity index (χ1v) is 23.7. The number of nitrogens with one attached hydrogen (secondary N) is 2. The highest BCUT2D eigenvalue weighted by Crippen LogP contribution is 2.35. The number of hydrogen-bond acceptors (Lipinski definition) is 16. The molecule has 71 heavy (non-hydrogen) atoms. The molecule has 19 heteroatoms. The van der Waals surface area contributed by atoms with Crippen LogP contribution in [0.5, 0.6) is 23.0 Å². The summed E-state index contributed by atoms with van der Waals surface area (Å²) in [4.78, 5) is 47.9. The zero-order chi connectivity index (χ0) is 49.0. The lowest BCUT2D eigenvalue weighted by Crippen LogP contribution is -2.27. The highest BCUT2D eigenvalue weighted by Gasteiger charge is 2.21. The lowest BCUT2D eigenvalue weighted by atomic mass is 10.1. The van der Waals surface area contributed by atoms with Crippen LogP contribution in [0.4, 0.5) is 22.7 Å². The van der Waals surface area contributed by atoms with Gasteiger partial charge in [-0.05, 0) is 128 Å². The normalized spacial score (nSPS) is 10.5. The molecule has 0 spiro atoms. The molecular weight excluding hydrogens is 971 g/mol. The number of ether oxygens (including phenoxy) is 6. The fourth-order valence-electron chi connectivity index (χ4n) is 7.21. The summed E-state index contributed by atoms with van der Waals surface area (Å²) in [6.45, 7) is 28.3. The number of benzene rings is 2. The van der Waals surface area contributed by atoms with E-state index in [1.807, 2.05) is 88.4 Å². The molecule has 0 bridgehead atoms. The molecule has 0 amide bonds. The molecule has 0 saturated carbocycles. The Morgan fingerprint density at radius 1 is 0.507 bits per heavy atom.